The molecule has 110 valence electrons. The molecule has 0 bridgehead atoms. The molecule has 1 atom stereocenters. The summed E-state index contributed by atoms with van der Waals surface area (Å²) in [6.45, 7) is 8.28. The zero-order valence-corrected chi connectivity index (χ0v) is 12.1. The van der Waals surface area contributed by atoms with Crippen molar-refractivity contribution in [1.29, 1.82) is 0 Å². The minimum absolute atomic E-state index is 0.189. The minimum atomic E-state index is -0.894. The number of nitrogens with zero attached hydrogens (tertiary/aromatic N) is 1. The zero-order chi connectivity index (χ0) is 14.5. The van der Waals surface area contributed by atoms with E-state index >= 15 is 0 Å². The normalized spacial score (nSPS) is 17.7. The molecule has 5 heteroatoms. The maximum atomic E-state index is 11.3. The van der Waals surface area contributed by atoms with E-state index in [0.29, 0.717) is 11.3 Å². The number of aromatic carboxylic acids is 1. The highest BCUT2D eigenvalue weighted by Crippen LogP contribution is 2.18. The molecule has 2 N–H and O–H groups in total. The van der Waals surface area contributed by atoms with Gasteiger partial charge in [-0.05, 0) is 26.0 Å². The molecule has 0 aliphatic carbocycles. The maximum Gasteiger partial charge on any atom is 0.337 e. The minimum Gasteiger partial charge on any atom is -0.478 e. The van der Waals surface area contributed by atoms with Gasteiger partial charge in [-0.2, -0.15) is 0 Å². The summed E-state index contributed by atoms with van der Waals surface area (Å²) in [6, 6.07) is 5.66. The lowest BCUT2D eigenvalue weighted by Crippen LogP contribution is -2.42. The van der Waals surface area contributed by atoms with Crippen molar-refractivity contribution in [3.05, 3.63) is 29.3 Å². The van der Waals surface area contributed by atoms with E-state index in [1.54, 1.807) is 6.07 Å². The van der Waals surface area contributed by atoms with Crippen molar-refractivity contribution in [2.24, 2.45) is 0 Å². The molecular formula is C15H22N2O3. The molecule has 0 saturated carbocycles. The van der Waals surface area contributed by atoms with Crippen LogP contribution in [0, 0.1) is 6.92 Å². The number of ether oxygens (including phenoxy) is 1. The Morgan fingerprint density at radius 1 is 1.45 bits per heavy atom. The van der Waals surface area contributed by atoms with Gasteiger partial charge in [-0.15, -0.1) is 0 Å². The molecule has 0 radical (unpaired) electrons. The van der Waals surface area contributed by atoms with Gasteiger partial charge in [-0.1, -0.05) is 11.6 Å². The van der Waals surface area contributed by atoms with Gasteiger partial charge >= 0.3 is 5.97 Å². The second-order valence-corrected chi connectivity index (χ2v) is 5.31. The summed E-state index contributed by atoms with van der Waals surface area (Å²) in [5.41, 5.74) is 1.97. The lowest BCUT2D eigenvalue weighted by molar-refractivity contribution is 0.0368. The number of aryl methyl sites for hydroxylation is 1. The number of anilines is 1. The largest absolute Gasteiger partial charge is 0.478 e. The highest BCUT2D eigenvalue weighted by Gasteiger charge is 2.16. The van der Waals surface area contributed by atoms with Gasteiger partial charge in [0.05, 0.1) is 18.8 Å². The fourth-order valence-corrected chi connectivity index (χ4v) is 2.44. The molecule has 2 rings (SSSR count). The molecule has 1 aliphatic rings. The standard InChI is InChI=1S/C15H22N2O3/c1-11-3-4-14(13(9-11)15(18)19)16-12(2)10-17-5-7-20-8-6-17/h3-4,9,12,16H,5-8,10H2,1-2H3,(H,18,19). The van der Waals surface area contributed by atoms with Crippen molar-refractivity contribution in [3.63, 3.8) is 0 Å². The van der Waals surface area contributed by atoms with Crippen LogP contribution in [0.15, 0.2) is 18.2 Å². The highest BCUT2D eigenvalue weighted by molar-refractivity contribution is 5.94. The first-order valence-corrected chi connectivity index (χ1v) is 6.97. The second-order valence-electron chi connectivity index (χ2n) is 5.31. The number of hydrogen-bond acceptors (Lipinski definition) is 4. The van der Waals surface area contributed by atoms with E-state index in [-0.39, 0.29) is 6.04 Å². The summed E-state index contributed by atoms with van der Waals surface area (Å²) in [5.74, 6) is -0.894. The first-order valence-electron chi connectivity index (χ1n) is 6.97. The van der Waals surface area contributed by atoms with Crippen LogP contribution in [0.3, 0.4) is 0 Å². The van der Waals surface area contributed by atoms with Crippen LogP contribution in [0.5, 0.6) is 0 Å². The molecule has 1 aromatic rings. The van der Waals surface area contributed by atoms with Gasteiger partial charge in [0, 0.05) is 31.4 Å². The van der Waals surface area contributed by atoms with Crippen LogP contribution in [0.1, 0.15) is 22.8 Å². The van der Waals surface area contributed by atoms with Crippen molar-refractivity contribution in [2.45, 2.75) is 19.9 Å². The molecule has 1 aromatic carbocycles. The third-order valence-electron chi connectivity index (χ3n) is 3.44. The number of morpholine rings is 1. The number of hydrogen-bond donors (Lipinski definition) is 2. The van der Waals surface area contributed by atoms with Crippen molar-refractivity contribution < 1.29 is 14.6 Å². The van der Waals surface area contributed by atoms with E-state index in [9.17, 15) is 9.90 Å². The van der Waals surface area contributed by atoms with Gasteiger partial charge in [-0.3, -0.25) is 4.90 Å². The Balaban J connectivity index is 1.99. The molecule has 0 amide bonds. The molecule has 1 heterocycles. The molecule has 20 heavy (non-hydrogen) atoms. The fourth-order valence-electron chi connectivity index (χ4n) is 2.44. The number of carboxylic acid groups (broad SMARTS) is 1. The molecule has 1 unspecified atom stereocenters. The summed E-state index contributed by atoms with van der Waals surface area (Å²) >= 11 is 0. The van der Waals surface area contributed by atoms with Crippen molar-refractivity contribution in [1.82, 2.24) is 4.90 Å². The molecule has 0 aromatic heterocycles. The smallest absolute Gasteiger partial charge is 0.337 e. The van der Waals surface area contributed by atoms with Gasteiger partial charge in [0.2, 0.25) is 0 Å². The topological polar surface area (TPSA) is 61.8 Å². The Morgan fingerprint density at radius 3 is 2.80 bits per heavy atom. The van der Waals surface area contributed by atoms with E-state index in [1.165, 1.54) is 0 Å². The fraction of sp³-hybridized carbons (Fsp3) is 0.533. The summed E-state index contributed by atoms with van der Waals surface area (Å²) in [5, 5.41) is 12.6. The van der Waals surface area contributed by atoms with Crippen LogP contribution in [0.25, 0.3) is 0 Å². The third-order valence-corrected chi connectivity index (χ3v) is 3.44. The summed E-state index contributed by atoms with van der Waals surface area (Å²) in [4.78, 5) is 13.6. The lowest BCUT2D eigenvalue weighted by Gasteiger charge is -2.30. The van der Waals surface area contributed by atoms with Crippen molar-refractivity contribution >= 4 is 11.7 Å². The van der Waals surface area contributed by atoms with Crippen molar-refractivity contribution in [3.8, 4) is 0 Å². The van der Waals surface area contributed by atoms with E-state index < -0.39 is 5.97 Å². The van der Waals surface area contributed by atoms with Crippen molar-refractivity contribution in [2.75, 3.05) is 38.2 Å². The number of carboxylic acids is 1. The van der Waals surface area contributed by atoms with Crippen LogP contribution in [-0.4, -0.2) is 54.9 Å². The number of rotatable bonds is 5. The van der Waals surface area contributed by atoms with E-state index in [4.69, 9.17) is 4.74 Å². The summed E-state index contributed by atoms with van der Waals surface area (Å²) < 4.78 is 5.32. The molecule has 1 saturated heterocycles. The van der Waals surface area contributed by atoms with Gasteiger partial charge in [-0.25, -0.2) is 4.79 Å². The maximum absolute atomic E-state index is 11.3. The van der Waals surface area contributed by atoms with E-state index in [0.717, 1.165) is 38.4 Å². The monoisotopic (exact) mass is 278 g/mol. The Hall–Kier alpha value is -1.59. The average molecular weight is 278 g/mol. The number of benzene rings is 1. The Kier molecular flexibility index (Phi) is 4.98. The molecule has 1 aliphatic heterocycles. The number of carbonyl (C=O) groups is 1. The van der Waals surface area contributed by atoms with Gasteiger partial charge in [0.15, 0.2) is 0 Å². The molecular weight excluding hydrogens is 256 g/mol. The molecule has 5 nitrogen and oxygen atoms in total. The highest BCUT2D eigenvalue weighted by atomic mass is 16.5. The van der Waals surface area contributed by atoms with Crippen LogP contribution in [-0.2, 0) is 4.74 Å². The van der Waals surface area contributed by atoms with E-state index in [2.05, 4.69) is 17.1 Å². The predicted molar refractivity (Wildman–Crippen MR) is 78.5 cm³/mol. The van der Waals surface area contributed by atoms with Crippen LogP contribution >= 0.6 is 0 Å². The predicted octanol–water partition coefficient (Wildman–Crippen LogP) is 1.83. The van der Waals surface area contributed by atoms with Crippen LogP contribution < -0.4 is 5.32 Å². The summed E-state index contributed by atoms with van der Waals surface area (Å²) in [6.07, 6.45) is 0. The molecule has 0 spiro atoms. The first kappa shape index (κ1) is 14.8. The van der Waals surface area contributed by atoms with Gasteiger partial charge in [0.25, 0.3) is 0 Å². The number of nitrogens with one attached hydrogen (secondary N) is 1. The third kappa shape index (κ3) is 3.95. The Bertz CT molecular complexity index is 470. The molecule has 1 fully saturated rings. The zero-order valence-electron chi connectivity index (χ0n) is 12.1. The average Bonchev–Trinajstić information content (AvgIpc) is 2.41. The van der Waals surface area contributed by atoms with Crippen LogP contribution in [0.2, 0.25) is 0 Å². The Morgan fingerprint density at radius 2 is 2.15 bits per heavy atom. The SMILES string of the molecule is Cc1ccc(NC(C)CN2CCOCC2)c(C(=O)O)c1. The lowest BCUT2D eigenvalue weighted by atomic mass is 10.1. The van der Waals surface area contributed by atoms with Gasteiger partial charge < -0.3 is 15.2 Å². The first-order chi connectivity index (χ1) is 9.56. The van der Waals surface area contributed by atoms with Crippen LogP contribution in [0.4, 0.5) is 5.69 Å². The quantitative estimate of drug-likeness (QED) is 0.860. The van der Waals surface area contributed by atoms with E-state index in [1.807, 2.05) is 19.1 Å². The van der Waals surface area contributed by atoms with Gasteiger partial charge in [0.1, 0.15) is 0 Å². The second kappa shape index (κ2) is 6.72. The Labute approximate surface area is 119 Å². The summed E-state index contributed by atoms with van der Waals surface area (Å²) in [7, 11) is 0.